The maximum Gasteiger partial charge on any atom is 0.355 e. The molecule has 1 fully saturated rings. The number of anilines is 2. The van der Waals surface area contributed by atoms with Crippen molar-refractivity contribution in [3.05, 3.63) is 50.7 Å². The number of nitro groups is 1. The fourth-order valence-corrected chi connectivity index (χ4v) is 3.17. The Hall–Kier alpha value is -2.79. The summed E-state index contributed by atoms with van der Waals surface area (Å²) in [4.78, 5) is 35.4. The lowest BCUT2D eigenvalue weighted by atomic mass is 10.2. The van der Waals surface area contributed by atoms with E-state index < -0.39 is 10.8 Å². The van der Waals surface area contributed by atoms with E-state index >= 15 is 0 Å². The number of benzene rings is 1. The summed E-state index contributed by atoms with van der Waals surface area (Å²) in [5.74, 6) is -0.276. The van der Waals surface area contributed by atoms with Gasteiger partial charge in [-0.1, -0.05) is 12.1 Å². The Morgan fingerprint density at radius 1 is 1.22 bits per heavy atom. The highest BCUT2D eigenvalue weighted by molar-refractivity contribution is 9.10. The van der Waals surface area contributed by atoms with Crippen molar-refractivity contribution in [1.29, 1.82) is 0 Å². The molecule has 3 rings (SSSR count). The second kappa shape index (κ2) is 8.27. The molecule has 1 amide bonds. The van der Waals surface area contributed by atoms with Crippen LogP contribution in [0, 0.1) is 10.1 Å². The summed E-state index contributed by atoms with van der Waals surface area (Å²) in [6.45, 7) is 2.81. The number of carbonyl (C=O) groups is 1. The molecule has 2 N–H and O–H groups in total. The van der Waals surface area contributed by atoms with E-state index in [4.69, 9.17) is 0 Å². The van der Waals surface area contributed by atoms with E-state index in [1.54, 1.807) is 24.3 Å². The molecule has 1 aromatic carbocycles. The zero-order valence-corrected chi connectivity index (χ0v) is 16.1. The van der Waals surface area contributed by atoms with Crippen LogP contribution < -0.4 is 15.8 Å². The third-order valence-electron chi connectivity index (χ3n) is 4.20. The van der Waals surface area contributed by atoms with Crippen molar-refractivity contribution >= 4 is 39.2 Å². The van der Waals surface area contributed by atoms with Gasteiger partial charge in [0.2, 0.25) is 11.6 Å². The van der Waals surface area contributed by atoms with Gasteiger partial charge < -0.3 is 9.80 Å². The average Bonchev–Trinajstić information content (AvgIpc) is 2.66. The summed E-state index contributed by atoms with van der Waals surface area (Å²) in [7, 11) is 2.00. The summed E-state index contributed by atoms with van der Waals surface area (Å²) in [6.07, 6.45) is 1.24. The van der Waals surface area contributed by atoms with Crippen LogP contribution in [-0.4, -0.2) is 58.9 Å². The van der Waals surface area contributed by atoms with E-state index in [9.17, 15) is 14.9 Å². The Morgan fingerprint density at radius 3 is 2.59 bits per heavy atom. The molecular formula is C16H18BrN7O3. The van der Waals surface area contributed by atoms with Gasteiger partial charge in [-0.25, -0.2) is 9.97 Å². The Labute approximate surface area is 163 Å². The van der Waals surface area contributed by atoms with Crippen LogP contribution in [0.5, 0.6) is 0 Å². The molecule has 27 heavy (non-hydrogen) atoms. The summed E-state index contributed by atoms with van der Waals surface area (Å²) >= 11 is 3.30. The SMILES string of the molecule is CN1CCN(c2ncnc(NNC(=O)c3ccccc3Br)c2[N+](=O)[O-])CC1. The first-order chi connectivity index (χ1) is 13.0. The van der Waals surface area contributed by atoms with Crippen LogP contribution in [0.25, 0.3) is 0 Å². The Morgan fingerprint density at radius 2 is 1.93 bits per heavy atom. The number of piperazine rings is 1. The smallest absolute Gasteiger partial charge is 0.348 e. The van der Waals surface area contributed by atoms with Gasteiger partial charge in [0.25, 0.3) is 5.91 Å². The van der Waals surface area contributed by atoms with Crippen molar-refractivity contribution in [2.45, 2.75) is 0 Å². The molecule has 1 aromatic heterocycles. The van der Waals surface area contributed by atoms with Gasteiger partial charge in [0, 0.05) is 30.7 Å². The van der Waals surface area contributed by atoms with E-state index in [0.717, 1.165) is 13.1 Å². The van der Waals surface area contributed by atoms with Crippen LogP contribution in [0.1, 0.15) is 10.4 Å². The molecule has 0 bridgehead atoms. The van der Waals surface area contributed by atoms with Gasteiger partial charge in [0.15, 0.2) is 0 Å². The Balaban J connectivity index is 1.81. The highest BCUT2D eigenvalue weighted by Gasteiger charge is 2.29. The van der Waals surface area contributed by atoms with Gasteiger partial charge in [-0.15, -0.1) is 0 Å². The van der Waals surface area contributed by atoms with Crippen molar-refractivity contribution in [2.24, 2.45) is 0 Å². The molecule has 0 saturated carbocycles. The van der Waals surface area contributed by atoms with Crippen LogP contribution >= 0.6 is 15.9 Å². The summed E-state index contributed by atoms with van der Waals surface area (Å²) in [6, 6.07) is 6.86. The van der Waals surface area contributed by atoms with Gasteiger partial charge in [-0.3, -0.25) is 25.8 Å². The van der Waals surface area contributed by atoms with E-state index in [1.165, 1.54) is 6.33 Å². The molecule has 0 radical (unpaired) electrons. The normalized spacial score (nSPS) is 14.7. The van der Waals surface area contributed by atoms with Gasteiger partial charge >= 0.3 is 5.69 Å². The molecule has 0 unspecified atom stereocenters. The molecule has 2 aromatic rings. The molecule has 10 nitrogen and oxygen atoms in total. The summed E-state index contributed by atoms with van der Waals surface area (Å²) in [5, 5.41) is 11.6. The number of nitrogens with zero attached hydrogens (tertiary/aromatic N) is 5. The first kappa shape index (κ1) is 19.0. The second-order valence-corrected chi connectivity index (χ2v) is 6.86. The van der Waals surface area contributed by atoms with Crippen LogP contribution in [0.4, 0.5) is 17.3 Å². The minimum absolute atomic E-state index is 0.0654. The molecule has 11 heteroatoms. The van der Waals surface area contributed by atoms with Crippen molar-refractivity contribution in [2.75, 3.05) is 43.6 Å². The van der Waals surface area contributed by atoms with Gasteiger partial charge in [0.1, 0.15) is 6.33 Å². The Bertz CT molecular complexity index is 856. The minimum Gasteiger partial charge on any atom is -0.348 e. The van der Waals surface area contributed by atoms with Gasteiger partial charge in [-0.05, 0) is 35.1 Å². The quantitative estimate of drug-likeness (QED) is 0.537. The molecule has 142 valence electrons. The number of hydrazine groups is 1. The minimum atomic E-state index is -0.541. The van der Waals surface area contributed by atoms with Crippen LogP contribution in [0.3, 0.4) is 0 Å². The monoisotopic (exact) mass is 435 g/mol. The molecule has 0 atom stereocenters. The highest BCUT2D eigenvalue weighted by atomic mass is 79.9. The topological polar surface area (TPSA) is 117 Å². The van der Waals surface area contributed by atoms with Crippen LogP contribution in [0.2, 0.25) is 0 Å². The van der Waals surface area contributed by atoms with E-state index in [2.05, 4.69) is 41.6 Å². The van der Waals surface area contributed by atoms with Crippen molar-refractivity contribution in [3.8, 4) is 0 Å². The van der Waals surface area contributed by atoms with E-state index in [0.29, 0.717) is 23.1 Å². The lowest BCUT2D eigenvalue weighted by Gasteiger charge is -2.32. The lowest BCUT2D eigenvalue weighted by molar-refractivity contribution is -0.383. The summed E-state index contributed by atoms with van der Waals surface area (Å²) < 4.78 is 0.611. The number of halogens is 1. The lowest BCUT2D eigenvalue weighted by Crippen LogP contribution is -2.45. The van der Waals surface area contributed by atoms with E-state index in [1.807, 2.05) is 11.9 Å². The van der Waals surface area contributed by atoms with E-state index in [-0.39, 0.29) is 17.3 Å². The first-order valence-corrected chi connectivity index (χ1v) is 9.00. The predicted molar refractivity (Wildman–Crippen MR) is 104 cm³/mol. The summed E-state index contributed by atoms with van der Waals surface area (Å²) in [5.41, 5.74) is 5.13. The zero-order chi connectivity index (χ0) is 19.4. The molecule has 0 aliphatic carbocycles. The van der Waals surface area contributed by atoms with Crippen molar-refractivity contribution in [1.82, 2.24) is 20.3 Å². The third-order valence-corrected chi connectivity index (χ3v) is 4.89. The number of nitrogens with one attached hydrogen (secondary N) is 2. The first-order valence-electron chi connectivity index (χ1n) is 8.21. The molecular weight excluding hydrogens is 418 g/mol. The maximum atomic E-state index is 12.3. The van der Waals surface area contributed by atoms with Gasteiger partial charge in [-0.2, -0.15) is 0 Å². The Kier molecular flexibility index (Phi) is 5.81. The number of likely N-dealkylation sites (N-methyl/N-ethyl adjacent to an activating group) is 1. The fourth-order valence-electron chi connectivity index (χ4n) is 2.71. The fraction of sp³-hybridized carbons (Fsp3) is 0.312. The maximum absolute atomic E-state index is 12.3. The molecule has 1 aliphatic heterocycles. The highest BCUT2D eigenvalue weighted by Crippen LogP contribution is 2.31. The number of carbonyl (C=O) groups excluding carboxylic acids is 1. The average molecular weight is 436 g/mol. The largest absolute Gasteiger partial charge is 0.355 e. The number of amides is 1. The molecule has 0 spiro atoms. The predicted octanol–water partition coefficient (Wildman–Crippen LogP) is 1.66. The second-order valence-electron chi connectivity index (χ2n) is 6.00. The number of aromatic nitrogens is 2. The van der Waals surface area contributed by atoms with Crippen molar-refractivity contribution in [3.63, 3.8) is 0 Å². The number of hydrogen-bond donors (Lipinski definition) is 2. The van der Waals surface area contributed by atoms with Crippen LogP contribution in [-0.2, 0) is 0 Å². The number of hydrogen-bond acceptors (Lipinski definition) is 8. The van der Waals surface area contributed by atoms with Gasteiger partial charge in [0.05, 0.1) is 10.5 Å². The van der Waals surface area contributed by atoms with Crippen LogP contribution in [0.15, 0.2) is 35.1 Å². The number of rotatable bonds is 5. The molecule has 1 aliphatic rings. The molecule has 1 saturated heterocycles. The zero-order valence-electron chi connectivity index (χ0n) is 14.6. The molecule has 2 heterocycles. The van der Waals surface area contributed by atoms with Crippen molar-refractivity contribution < 1.29 is 9.72 Å². The standard InChI is InChI=1S/C16H18BrN7O3/c1-22-6-8-23(9-7-22)15-13(24(26)27)14(18-10-19-15)20-21-16(25)11-4-2-3-5-12(11)17/h2-5,10H,6-9H2,1H3,(H,21,25)(H,18,19,20). The third kappa shape index (κ3) is 4.31.